The Bertz CT molecular complexity index is 559. The van der Waals surface area contributed by atoms with Gasteiger partial charge in [0.25, 0.3) is 0 Å². The Morgan fingerprint density at radius 3 is 2.65 bits per heavy atom. The van der Waals surface area contributed by atoms with Crippen LogP contribution in [0.1, 0.15) is 26.7 Å². The number of anilines is 1. The SMILES string of the molecule is CC(C)(CCCO)CNS(=O)(=O)c1cc(N)ccc1Br. The van der Waals surface area contributed by atoms with Crippen LogP contribution in [0.25, 0.3) is 0 Å². The summed E-state index contributed by atoms with van der Waals surface area (Å²) >= 11 is 3.22. The highest BCUT2D eigenvalue weighted by Gasteiger charge is 2.23. The van der Waals surface area contributed by atoms with Gasteiger partial charge in [-0.3, -0.25) is 0 Å². The predicted molar refractivity (Wildman–Crippen MR) is 83.8 cm³/mol. The van der Waals surface area contributed by atoms with Gasteiger partial charge in [-0.25, -0.2) is 13.1 Å². The van der Waals surface area contributed by atoms with Crippen molar-refractivity contribution in [3.63, 3.8) is 0 Å². The van der Waals surface area contributed by atoms with E-state index in [9.17, 15) is 8.42 Å². The number of halogens is 1. The maximum atomic E-state index is 12.3. The van der Waals surface area contributed by atoms with Gasteiger partial charge in [-0.05, 0) is 52.4 Å². The minimum absolute atomic E-state index is 0.108. The Morgan fingerprint density at radius 1 is 1.40 bits per heavy atom. The highest BCUT2D eigenvalue weighted by Crippen LogP contribution is 2.26. The van der Waals surface area contributed by atoms with E-state index in [1.165, 1.54) is 6.07 Å². The highest BCUT2D eigenvalue weighted by atomic mass is 79.9. The minimum Gasteiger partial charge on any atom is -0.399 e. The molecular weight excluding hydrogens is 344 g/mol. The molecule has 20 heavy (non-hydrogen) atoms. The summed E-state index contributed by atoms with van der Waals surface area (Å²) in [5, 5.41) is 8.84. The van der Waals surface area contributed by atoms with Crippen molar-refractivity contribution in [1.29, 1.82) is 0 Å². The summed E-state index contributed by atoms with van der Waals surface area (Å²) in [7, 11) is -3.61. The average Bonchev–Trinajstić information content (AvgIpc) is 2.37. The lowest BCUT2D eigenvalue weighted by molar-refractivity contribution is 0.242. The molecule has 4 N–H and O–H groups in total. The molecule has 0 aromatic heterocycles. The van der Waals surface area contributed by atoms with E-state index in [2.05, 4.69) is 20.7 Å². The van der Waals surface area contributed by atoms with Gasteiger partial charge >= 0.3 is 0 Å². The van der Waals surface area contributed by atoms with Crippen LogP contribution in [0, 0.1) is 5.41 Å². The van der Waals surface area contributed by atoms with Gasteiger partial charge in [-0.2, -0.15) is 0 Å². The topological polar surface area (TPSA) is 92.4 Å². The number of rotatable bonds is 7. The van der Waals surface area contributed by atoms with Gasteiger partial charge in [0.05, 0.1) is 4.90 Å². The van der Waals surface area contributed by atoms with Crippen LogP contribution in [-0.2, 0) is 10.0 Å². The molecular formula is C13H21BrN2O3S. The predicted octanol–water partition coefficient (Wildman–Crippen LogP) is 2.11. The van der Waals surface area contributed by atoms with E-state index in [0.29, 0.717) is 23.1 Å². The summed E-state index contributed by atoms with van der Waals surface area (Å²) in [4.78, 5) is 0.135. The standard InChI is InChI=1S/C13H21BrN2O3S/c1-13(2,6-3-7-17)9-16-20(18,19)12-8-10(15)4-5-11(12)14/h4-5,8,16-17H,3,6-7,9,15H2,1-2H3. The zero-order valence-electron chi connectivity index (χ0n) is 11.7. The van der Waals surface area contributed by atoms with E-state index in [-0.39, 0.29) is 16.9 Å². The molecule has 0 fully saturated rings. The molecule has 0 amide bonds. The fraction of sp³-hybridized carbons (Fsp3) is 0.538. The second-order valence-electron chi connectivity index (χ2n) is 5.51. The van der Waals surface area contributed by atoms with Crippen LogP contribution >= 0.6 is 15.9 Å². The average molecular weight is 365 g/mol. The number of nitrogens with one attached hydrogen (secondary N) is 1. The van der Waals surface area contributed by atoms with Gasteiger partial charge < -0.3 is 10.8 Å². The third-order valence-electron chi connectivity index (χ3n) is 3.00. The Kier molecular flexibility index (Phi) is 6.00. The number of aliphatic hydroxyl groups excluding tert-OH is 1. The second kappa shape index (κ2) is 6.89. The zero-order valence-corrected chi connectivity index (χ0v) is 14.1. The van der Waals surface area contributed by atoms with E-state index >= 15 is 0 Å². The van der Waals surface area contributed by atoms with Crippen LogP contribution in [0.5, 0.6) is 0 Å². The Labute approximate surface area is 128 Å². The monoisotopic (exact) mass is 364 g/mol. The molecule has 1 aromatic rings. The normalized spacial score (nSPS) is 12.6. The molecule has 0 aliphatic carbocycles. The first kappa shape index (κ1) is 17.4. The minimum atomic E-state index is -3.61. The summed E-state index contributed by atoms with van der Waals surface area (Å²) in [5.74, 6) is 0. The maximum Gasteiger partial charge on any atom is 0.241 e. The second-order valence-corrected chi connectivity index (χ2v) is 8.10. The van der Waals surface area contributed by atoms with Crippen molar-refractivity contribution in [2.45, 2.75) is 31.6 Å². The molecule has 0 aliphatic heterocycles. The first-order valence-electron chi connectivity index (χ1n) is 6.33. The van der Waals surface area contributed by atoms with Crippen LogP contribution in [0.2, 0.25) is 0 Å². The van der Waals surface area contributed by atoms with Crippen LogP contribution in [0.15, 0.2) is 27.6 Å². The van der Waals surface area contributed by atoms with Gasteiger partial charge in [0.15, 0.2) is 0 Å². The summed E-state index contributed by atoms with van der Waals surface area (Å²) in [6, 6.07) is 4.67. The molecule has 0 radical (unpaired) electrons. The number of nitrogens with two attached hydrogens (primary N) is 1. The molecule has 0 saturated heterocycles. The number of aliphatic hydroxyl groups is 1. The molecule has 1 aromatic carbocycles. The largest absolute Gasteiger partial charge is 0.399 e. The molecule has 0 spiro atoms. The number of nitrogen functional groups attached to an aromatic ring is 1. The van der Waals surface area contributed by atoms with Crippen molar-refractivity contribution in [3.05, 3.63) is 22.7 Å². The number of hydrogen-bond donors (Lipinski definition) is 3. The zero-order chi connectivity index (χ0) is 15.4. The summed E-state index contributed by atoms with van der Waals surface area (Å²) < 4.78 is 27.6. The molecule has 0 saturated carbocycles. The summed E-state index contributed by atoms with van der Waals surface area (Å²) in [6.07, 6.45) is 1.39. The maximum absolute atomic E-state index is 12.3. The summed E-state index contributed by atoms with van der Waals surface area (Å²) in [6.45, 7) is 4.33. The smallest absolute Gasteiger partial charge is 0.241 e. The van der Waals surface area contributed by atoms with E-state index in [4.69, 9.17) is 10.8 Å². The van der Waals surface area contributed by atoms with Gasteiger partial charge in [-0.15, -0.1) is 0 Å². The Hall–Kier alpha value is -0.630. The molecule has 7 heteroatoms. The van der Waals surface area contributed by atoms with Crippen molar-refractivity contribution in [3.8, 4) is 0 Å². The third kappa shape index (κ3) is 5.05. The Morgan fingerprint density at radius 2 is 2.05 bits per heavy atom. The molecule has 0 atom stereocenters. The number of benzene rings is 1. The van der Waals surface area contributed by atoms with Crippen LogP contribution < -0.4 is 10.5 Å². The fourth-order valence-electron chi connectivity index (χ4n) is 1.74. The first-order valence-corrected chi connectivity index (χ1v) is 8.61. The van der Waals surface area contributed by atoms with E-state index in [0.717, 1.165) is 6.42 Å². The van der Waals surface area contributed by atoms with Crippen molar-refractivity contribution in [1.82, 2.24) is 4.72 Å². The van der Waals surface area contributed by atoms with E-state index in [1.54, 1.807) is 12.1 Å². The molecule has 5 nitrogen and oxygen atoms in total. The molecule has 1 rings (SSSR count). The number of sulfonamides is 1. The van der Waals surface area contributed by atoms with E-state index < -0.39 is 10.0 Å². The van der Waals surface area contributed by atoms with Crippen molar-refractivity contribution < 1.29 is 13.5 Å². The van der Waals surface area contributed by atoms with Crippen molar-refractivity contribution in [2.75, 3.05) is 18.9 Å². The quantitative estimate of drug-likeness (QED) is 0.646. The summed E-state index contributed by atoms with van der Waals surface area (Å²) in [5.41, 5.74) is 5.81. The number of hydrogen-bond acceptors (Lipinski definition) is 4. The van der Waals surface area contributed by atoms with Gasteiger partial charge in [0.1, 0.15) is 0 Å². The van der Waals surface area contributed by atoms with Crippen LogP contribution in [-0.4, -0.2) is 26.7 Å². The third-order valence-corrected chi connectivity index (χ3v) is 5.39. The van der Waals surface area contributed by atoms with Gasteiger partial charge in [0.2, 0.25) is 10.0 Å². The van der Waals surface area contributed by atoms with Crippen LogP contribution in [0.3, 0.4) is 0 Å². The fourth-order valence-corrected chi connectivity index (χ4v) is 3.98. The van der Waals surface area contributed by atoms with Crippen molar-refractivity contribution in [2.24, 2.45) is 5.41 Å². The molecule has 0 heterocycles. The molecule has 0 unspecified atom stereocenters. The van der Waals surface area contributed by atoms with Gasteiger partial charge in [0, 0.05) is 23.3 Å². The molecule has 114 valence electrons. The first-order chi connectivity index (χ1) is 9.18. The molecule has 0 aliphatic rings. The van der Waals surface area contributed by atoms with E-state index in [1.807, 2.05) is 13.8 Å². The lowest BCUT2D eigenvalue weighted by Gasteiger charge is -2.24. The lowest BCUT2D eigenvalue weighted by Crippen LogP contribution is -2.34. The highest BCUT2D eigenvalue weighted by molar-refractivity contribution is 9.10. The van der Waals surface area contributed by atoms with Crippen molar-refractivity contribution >= 4 is 31.6 Å². The lowest BCUT2D eigenvalue weighted by atomic mass is 9.88. The Balaban J connectivity index is 2.83. The van der Waals surface area contributed by atoms with Crippen LogP contribution in [0.4, 0.5) is 5.69 Å². The van der Waals surface area contributed by atoms with Gasteiger partial charge in [-0.1, -0.05) is 13.8 Å². The molecule has 0 bridgehead atoms.